The van der Waals surface area contributed by atoms with Gasteiger partial charge in [0.25, 0.3) is 10.0 Å². The molecule has 1 aromatic heterocycles. The van der Waals surface area contributed by atoms with E-state index in [1.807, 2.05) is 0 Å². The lowest BCUT2D eigenvalue weighted by molar-refractivity contribution is 0.470. The number of sulfonamides is 1. The molecule has 0 saturated heterocycles. The zero-order chi connectivity index (χ0) is 14.6. The highest BCUT2D eigenvalue weighted by atomic mass is 79.9. The predicted octanol–water partition coefficient (Wildman–Crippen LogP) is 2.21. The van der Waals surface area contributed by atoms with Crippen molar-refractivity contribution in [2.75, 3.05) is 6.54 Å². The molecule has 0 amide bonds. The van der Waals surface area contributed by atoms with Gasteiger partial charge in [-0.15, -0.1) is 0 Å². The molecule has 110 valence electrons. The van der Waals surface area contributed by atoms with Crippen molar-refractivity contribution >= 4 is 26.0 Å². The van der Waals surface area contributed by atoms with Crippen molar-refractivity contribution in [3.8, 4) is 0 Å². The monoisotopic (exact) mass is 351 g/mol. The minimum atomic E-state index is -3.52. The first-order chi connectivity index (χ1) is 8.81. The normalized spacial score (nSPS) is 14.0. The molecule has 19 heavy (non-hydrogen) atoms. The Balaban J connectivity index is 2.71. The summed E-state index contributed by atoms with van der Waals surface area (Å²) in [5, 5.41) is 0.0803. The number of aryl methyl sites for hydroxylation is 2. The van der Waals surface area contributed by atoms with Crippen LogP contribution in [0.4, 0.5) is 0 Å². The average Bonchev–Trinajstić information content (AvgIpc) is 2.70. The van der Waals surface area contributed by atoms with Crippen molar-refractivity contribution in [3.63, 3.8) is 0 Å². The molecule has 1 N–H and O–H groups in total. The first kappa shape index (κ1) is 16.7. The van der Waals surface area contributed by atoms with Crippen LogP contribution in [0.5, 0.6) is 0 Å². The molecule has 1 unspecified atom stereocenters. The van der Waals surface area contributed by atoms with Crippen LogP contribution in [0.1, 0.15) is 32.5 Å². The van der Waals surface area contributed by atoms with Crippen LogP contribution >= 0.6 is 15.9 Å². The van der Waals surface area contributed by atoms with Crippen molar-refractivity contribution in [3.05, 3.63) is 12.0 Å². The number of imidazole rings is 1. The van der Waals surface area contributed by atoms with E-state index in [1.165, 1.54) is 6.20 Å². The topological polar surface area (TPSA) is 64.0 Å². The molecule has 1 heterocycles. The van der Waals surface area contributed by atoms with Crippen molar-refractivity contribution in [1.29, 1.82) is 0 Å². The first-order valence-electron chi connectivity index (χ1n) is 6.45. The summed E-state index contributed by atoms with van der Waals surface area (Å²) in [6.45, 7) is 6.37. The van der Waals surface area contributed by atoms with E-state index in [9.17, 15) is 8.42 Å². The van der Waals surface area contributed by atoms with Crippen LogP contribution in [0.15, 0.2) is 11.2 Å². The quantitative estimate of drug-likeness (QED) is 0.766. The van der Waals surface area contributed by atoms with Gasteiger partial charge in [0.15, 0.2) is 5.03 Å². The number of nitrogens with one attached hydrogen (secondary N) is 1. The number of nitrogens with zero attached hydrogens (tertiary/aromatic N) is 2. The summed E-state index contributed by atoms with van der Waals surface area (Å²) in [6.07, 6.45) is 3.58. The average molecular weight is 352 g/mol. The van der Waals surface area contributed by atoms with Gasteiger partial charge in [0.2, 0.25) is 0 Å². The summed E-state index contributed by atoms with van der Waals surface area (Å²) in [5.41, 5.74) is 0. The van der Waals surface area contributed by atoms with Crippen LogP contribution in [0.2, 0.25) is 0 Å². The Morgan fingerprint density at radius 2 is 2.00 bits per heavy atom. The third-order valence-electron chi connectivity index (χ3n) is 3.39. The van der Waals surface area contributed by atoms with Gasteiger partial charge >= 0.3 is 0 Å². The molecule has 0 aliphatic carbocycles. The lowest BCUT2D eigenvalue weighted by Crippen LogP contribution is -2.33. The highest BCUT2D eigenvalue weighted by molar-refractivity contribution is 9.09. The van der Waals surface area contributed by atoms with Crippen LogP contribution < -0.4 is 4.72 Å². The van der Waals surface area contributed by atoms with E-state index in [4.69, 9.17) is 0 Å². The molecule has 5 nitrogen and oxygen atoms in total. The Kier molecular flexibility index (Phi) is 6.01. The van der Waals surface area contributed by atoms with Gasteiger partial charge in [-0.05, 0) is 12.8 Å². The number of halogens is 1. The van der Waals surface area contributed by atoms with Crippen LogP contribution in [0.3, 0.4) is 0 Å². The Morgan fingerprint density at radius 1 is 1.42 bits per heavy atom. The smallest absolute Gasteiger partial charge is 0.259 e. The lowest BCUT2D eigenvalue weighted by Gasteiger charge is -2.19. The molecule has 0 spiro atoms. The molecular formula is C12H22BrN3O2S. The number of alkyl halides is 1. The first-order valence-corrected chi connectivity index (χ1v) is 8.85. The van der Waals surface area contributed by atoms with Gasteiger partial charge in [-0.1, -0.05) is 42.6 Å². The number of rotatable bonds is 7. The third kappa shape index (κ3) is 4.29. The summed E-state index contributed by atoms with van der Waals surface area (Å²) in [7, 11) is -1.74. The maximum Gasteiger partial charge on any atom is 0.259 e. The van der Waals surface area contributed by atoms with Crippen LogP contribution in [0, 0.1) is 12.8 Å². The van der Waals surface area contributed by atoms with Gasteiger partial charge in [-0.2, -0.15) is 0 Å². The fourth-order valence-corrected chi connectivity index (χ4v) is 4.11. The third-order valence-corrected chi connectivity index (χ3v) is 5.76. The Morgan fingerprint density at radius 3 is 2.42 bits per heavy atom. The molecule has 0 fully saturated rings. The summed E-state index contributed by atoms with van der Waals surface area (Å²) >= 11 is 3.56. The van der Waals surface area contributed by atoms with Crippen LogP contribution in [-0.4, -0.2) is 29.3 Å². The second-order valence-electron chi connectivity index (χ2n) is 4.68. The molecule has 1 rings (SSSR count). The van der Waals surface area contributed by atoms with Gasteiger partial charge < -0.3 is 4.57 Å². The van der Waals surface area contributed by atoms with E-state index in [-0.39, 0.29) is 9.85 Å². The van der Waals surface area contributed by atoms with Crippen molar-refractivity contribution in [1.82, 2.24) is 14.3 Å². The molecular weight excluding hydrogens is 330 g/mol. The molecule has 0 aliphatic heterocycles. The predicted molar refractivity (Wildman–Crippen MR) is 79.9 cm³/mol. The zero-order valence-electron chi connectivity index (χ0n) is 11.9. The lowest BCUT2D eigenvalue weighted by atomic mass is 10.00. The molecule has 0 aromatic carbocycles. The zero-order valence-corrected chi connectivity index (χ0v) is 14.3. The maximum absolute atomic E-state index is 12.1. The van der Waals surface area contributed by atoms with Crippen molar-refractivity contribution in [2.24, 2.45) is 13.0 Å². The minimum Gasteiger partial charge on any atom is -0.337 e. The second-order valence-corrected chi connectivity index (χ2v) is 7.57. The largest absolute Gasteiger partial charge is 0.337 e. The molecule has 0 saturated carbocycles. The van der Waals surface area contributed by atoms with Gasteiger partial charge in [0, 0.05) is 24.6 Å². The fourth-order valence-electron chi connectivity index (χ4n) is 1.89. The molecule has 0 radical (unpaired) electrons. The summed E-state index contributed by atoms with van der Waals surface area (Å²) in [5.74, 6) is 1.14. The maximum atomic E-state index is 12.1. The number of aromatic nitrogens is 2. The second kappa shape index (κ2) is 6.85. The van der Waals surface area contributed by atoms with Crippen molar-refractivity contribution in [2.45, 2.75) is 43.5 Å². The molecule has 0 bridgehead atoms. The summed E-state index contributed by atoms with van der Waals surface area (Å²) in [6, 6.07) is 0. The fraction of sp³-hybridized carbons (Fsp3) is 0.750. The van der Waals surface area contributed by atoms with E-state index >= 15 is 0 Å². The minimum absolute atomic E-state index is 0.0803. The van der Waals surface area contributed by atoms with Gasteiger partial charge in [-0.25, -0.2) is 18.1 Å². The van der Waals surface area contributed by atoms with Crippen molar-refractivity contribution < 1.29 is 8.42 Å². The van der Waals surface area contributed by atoms with E-state index in [2.05, 4.69) is 39.5 Å². The molecule has 1 aromatic rings. The van der Waals surface area contributed by atoms with Gasteiger partial charge in [-0.3, -0.25) is 0 Å². The SMILES string of the molecule is CCC(CC)C(Br)CNS(=O)(=O)c1cn(C)c(C)n1. The van der Waals surface area contributed by atoms with E-state index < -0.39 is 10.0 Å². The Hall–Kier alpha value is -0.400. The van der Waals surface area contributed by atoms with Crippen LogP contribution in [0.25, 0.3) is 0 Å². The molecule has 7 heteroatoms. The standard InChI is InChI=1S/C12H22BrN3O2S/c1-5-10(6-2)11(13)7-14-19(17,18)12-8-16(4)9(3)15-12/h8,10-11,14H,5-7H2,1-4H3. The Labute approximate surface area is 124 Å². The molecule has 0 aliphatic rings. The van der Waals surface area contributed by atoms with Crippen LogP contribution in [-0.2, 0) is 17.1 Å². The van der Waals surface area contributed by atoms with E-state index in [1.54, 1.807) is 18.5 Å². The van der Waals surface area contributed by atoms with E-state index in [0.29, 0.717) is 18.3 Å². The number of hydrogen-bond donors (Lipinski definition) is 1. The van der Waals surface area contributed by atoms with Gasteiger partial charge in [0.05, 0.1) is 0 Å². The molecule has 1 atom stereocenters. The van der Waals surface area contributed by atoms with E-state index in [0.717, 1.165) is 12.8 Å². The highest BCUT2D eigenvalue weighted by Crippen LogP contribution is 2.20. The highest BCUT2D eigenvalue weighted by Gasteiger charge is 2.22. The van der Waals surface area contributed by atoms with Gasteiger partial charge in [0.1, 0.15) is 5.82 Å². The summed E-state index contributed by atoms with van der Waals surface area (Å²) in [4.78, 5) is 4.18. The Bertz CT molecular complexity index is 490. The number of hydrogen-bond acceptors (Lipinski definition) is 3. The summed E-state index contributed by atoms with van der Waals surface area (Å²) < 4.78 is 28.5.